The van der Waals surface area contributed by atoms with Crippen molar-refractivity contribution in [3.8, 4) is 0 Å². The highest BCUT2D eigenvalue weighted by Crippen LogP contribution is 2.38. The predicted molar refractivity (Wildman–Crippen MR) is 172 cm³/mol. The molecule has 0 bridgehead atoms. The van der Waals surface area contributed by atoms with Crippen molar-refractivity contribution in [2.24, 2.45) is 0 Å². The molecule has 0 atom stereocenters. The number of anilines is 2. The molecule has 0 saturated carbocycles. The molecule has 0 saturated heterocycles. The molecule has 5 rings (SSSR count). The highest BCUT2D eigenvalue weighted by molar-refractivity contribution is 7.92. The lowest BCUT2D eigenvalue weighted by molar-refractivity contribution is 0.0772. The normalized spacial score (nSPS) is 13.3. The molecule has 1 aromatic heterocycles. The fourth-order valence-corrected chi connectivity index (χ4v) is 7.78. The number of benzene rings is 3. The van der Waals surface area contributed by atoms with Gasteiger partial charge in [0.05, 0.1) is 16.1 Å². The van der Waals surface area contributed by atoms with E-state index in [-0.39, 0.29) is 10.8 Å². The van der Waals surface area contributed by atoms with Crippen molar-refractivity contribution in [3.05, 3.63) is 112 Å². The Balaban J connectivity index is 1.39. The van der Waals surface area contributed by atoms with Crippen LogP contribution in [0.3, 0.4) is 0 Å². The maximum Gasteiger partial charge on any atom is 0.264 e. The number of nitrogens with zero attached hydrogens (tertiary/aromatic N) is 3. The number of sulfonamides is 1. The maximum absolute atomic E-state index is 13.7. The Morgan fingerprint density at radius 3 is 2.16 bits per heavy atom. The third-order valence-corrected chi connectivity index (χ3v) is 10.7. The van der Waals surface area contributed by atoms with E-state index in [2.05, 4.69) is 22.3 Å². The minimum Gasteiger partial charge on any atom is -0.339 e. The van der Waals surface area contributed by atoms with Crippen LogP contribution in [0, 0.1) is 0 Å². The summed E-state index contributed by atoms with van der Waals surface area (Å²) in [7, 11) is -2.31. The van der Waals surface area contributed by atoms with Gasteiger partial charge in [-0.05, 0) is 67.8 Å². The van der Waals surface area contributed by atoms with E-state index in [0.29, 0.717) is 41.4 Å². The van der Waals surface area contributed by atoms with Gasteiger partial charge >= 0.3 is 0 Å². The summed E-state index contributed by atoms with van der Waals surface area (Å²) in [6.07, 6.45) is 0.721. The molecular formula is C33H36N4O4S2. The van der Waals surface area contributed by atoms with Gasteiger partial charge in [-0.15, -0.1) is 11.3 Å². The molecule has 1 N–H and O–H groups in total. The van der Waals surface area contributed by atoms with Crippen LogP contribution in [-0.2, 0) is 29.5 Å². The third-order valence-electron chi connectivity index (χ3n) is 7.77. The second kappa shape index (κ2) is 13.1. The van der Waals surface area contributed by atoms with Crippen molar-refractivity contribution in [1.82, 2.24) is 9.80 Å². The van der Waals surface area contributed by atoms with Crippen LogP contribution in [0.4, 0.5) is 10.7 Å². The summed E-state index contributed by atoms with van der Waals surface area (Å²) >= 11 is 1.45. The molecule has 0 aliphatic carbocycles. The summed E-state index contributed by atoms with van der Waals surface area (Å²) in [6.45, 7) is 7.37. The molecular weight excluding hydrogens is 581 g/mol. The zero-order valence-electron chi connectivity index (χ0n) is 24.6. The maximum atomic E-state index is 13.7. The summed E-state index contributed by atoms with van der Waals surface area (Å²) < 4.78 is 27.6. The van der Waals surface area contributed by atoms with Crippen molar-refractivity contribution in [2.75, 3.05) is 36.3 Å². The summed E-state index contributed by atoms with van der Waals surface area (Å²) in [6, 6.07) is 25.0. The molecule has 4 aromatic rings. The van der Waals surface area contributed by atoms with Crippen LogP contribution >= 0.6 is 11.3 Å². The van der Waals surface area contributed by atoms with E-state index >= 15 is 0 Å². The SMILES string of the molecule is CCN(CC)C(=O)c1c(NC(=O)c2ccc(S(=O)(=O)N(C)c3ccccc3)cc2)sc2c1CCN(Cc1ccccc1)C2. The average molecular weight is 617 g/mol. The van der Waals surface area contributed by atoms with Crippen molar-refractivity contribution in [3.63, 3.8) is 0 Å². The Bertz CT molecular complexity index is 1680. The van der Waals surface area contributed by atoms with Gasteiger partial charge in [-0.25, -0.2) is 8.42 Å². The van der Waals surface area contributed by atoms with Gasteiger partial charge in [-0.2, -0.15) is 0 Å². The topological polar surface area (TPSA) is 90.0 Å². The van der Waals surface area contributed by atoms with E-state index in [1.807, 2.05) is 38.1 Å². The average Bonchev–Trinajstić information content (AvgIpc) is 3.39. The van der Waals surface area contributed by atoms with Crippen LogP contribution < -0.4 is 9.62 Å². The van der Waals surface area contributed by atoms with Crippen LogP contribution in [0.5, 0.6) is 0 Å². The quantitative estimate of drug-likeness (QED) is 0.241. The number of thiophene rings is 1. The van der Waals surface area contributed by atoms with Crippen LogP contribution in [0.15, 0.2) is 89.8 Å². The fourth-order valence-electron chi connectivity index (χ4n) is 5.30. The Kier molecular flexibility index (Phi) is 9.29. The minimum atomic E-state index is -3.81. The number of fused-ring (bicyclic) bond motifs is 1. The predicted octanol–water partition coefficient (Wildman–Crippen LogP) is 5.87. The van der Waals surface area contributed by atoms with Crippen LogP contribution in [0.25, 0.3) is 0 Å². The van der Waals surface area contributed by atoms with Crippen LogP contribution in [0.2, 0.25) is 0 Å². The molecule has 224 valence electrons. The van der Waals surface area contributed by atoms with Gasteiger partial charge in [-0.3, -0.25) is 18.8 Å². The van der Waals surface area contributed by atoms with E-state index in [1.165, 1.54) is 52.5 Å². The van der Waals surface area contributed by atoms with Gasteiger partial charge in [0, 0.05) is 50.2 Å². The first-order chi connectivity index (χ1) is 20.7. The lowest BCUT2D eigenvalue weighted by Crippen LogP contribution is -2.33. The largest absolute Gasteiger partial charge is 0.339 e. The third kappa shape index (κ3) is 6.51. The molecule has 0 unspecified atom stereocenters. The van der Waals surface area contributed by atoms with E-state index < -0.39 is 15.9 Å². The zero-order valence-corrected chi connectivity index (χ0v) is 26.2. The van der Waals surface area contributed by atoms with E-state index in [0.717, 1.165) is 30.0 Å². The molecule has 10 heteroatoms. The van der Waals surface area contributed by atoms with Crippen molar-refractivity contribution < 1.29 is 18.0 Å². The first-order valence-electron chi connectivity index (χ1n) is 14.4. The Morgan fingerprint density at radius 1 is 0.907 bits per heavy atom. The number of para-hydroxylation sites is 1. The zero-order chi connectivity index (χ0) is 30.6. The number of rotatable bonds is 10. The second-order valence-corrected chi connectivity index (χ2v) is 13.5. The van der Waals surface area contributed by atoms with E-state index in [1.54, 1.807) is 29.2 Å². The molecule has 0 spiro atoms. The molecule has 2 amide bonds. The molecule has 0 radical (unpaired) electrons. The van der Waals surface area contributed by atoms with Gasteiger partial charge in [0.1, 0.15) is 5.00 Å². The highest BCUT2D eigenvalue weighted by Gasteiger charge is 2.31. The smallest absolute Gasteiger partial charge is 0.264 e. The lowest BCUT2D eigenvalue weighted by Gasteiger charge is -2.28. The first-order valence-corrected chi connectivity index (χ1v) is 16.6. The molecule has 8 nitrogen and oxygen atoms in total. The number of hydrogen-bond acceptors (Lipinski definition) is 6. The molecule has 3 aromatic carbocycles. The second-order valence-electron chi connectivity index (χ2n) is 10.4. The number of hydrogen-bond donors (Lipinski definition) is 1. The fraction of sp³-hybridized carbons (Fsp3) is 0.273. The van der Waals surface area contributed by atoms with E-state index in [4.69, 9.17) is 0 Å². The number of carbonyl (C=O) groups is 2. The highest BCUT2D eigenvalue weighted by atomic mass is 32.2. The monoisotopic (exact) mass is 616 g/mol. The minimum absolute atomic E-state index is 0.0814. The van der Waals surface area contributed by atoms with Gasteiger partial charge in [0.2, 0.25) is 0 Å². The Morgan fingerprint density at radius 2 is 1.53 bits per heavy atom. The van der Waals surface area contributed by atoms with Gasteiger partial charge < -0.3 is 10.2 Å². The summed E-state index contributed by atoms with van der Waals surface area (Å²) in [5, 5.41) is 3.53. The molecule has 2 heterocycles. The van der Waals surface area contributed by atoms with Crippen molar-refractivity contribution >= 4 is 43.9 Å². The summed E-state index contributed by atoms with van der Waals surface area (Å²) in [5.74, 6) is -0.478. The lowest BCUT2D eigenvalue weighted by atomic mass is 10.0. The number of nitrogens with one attached hydrogen (secondary N) is 1. The van der Waals surface area contributed by atoms with Crippen molar-refractivity contribution in [2.45, 2.75) is 38.3 Å². The van der Waals surface area contributed by atoms with Gasteiger partial charge in [-0.1, -0.05) is 48.5 Å². The van der Waals surface area contributed by atoms with E-state index in [9.17, 15) is 18.0 Å². The van der Waals surface area contributed by atoms with Gasteiger partial charge in [0.25, 0.3) is 21.8 Å². The van der Waals surface area contributed by atoms with Crippen LogP contribution in [-0.4, -0.2) is 56.7 Å². The summed E-state index contributed by atoms with van der Waals surface area (Å²) in [4.78, 5) is 32.4. The Hall–Kier alpha value is -3.99. The molecule has 43 heavy (non-hydrogen) atoms. The van der Waals surface area contributed by atoms with Gasteiger partial charge in [0.15, 0.2) is 0 Å². The number of carbonyl (C=O) groups excluding carboxylic acids is 2. The first kappa shape index (κ1) is 30.5. The number of amides is 2. The molecule has 0 fully saturated rings. The molecule has 1 aliphatic heterocycles. The van der Waals surface area contributed by atoms with Crippen molar-refractivity contribution in [1.29, 1.82) is 0 Å². The van der Waals surface area contributed by atoms with Crippen LogP contribution in [0.1, 0.15) is 50.6 Å². The molecule has 1 aliphatic rings. The Labute approximate surface area is 257 Å². The standard InChI is InChI=1S/C33H36N4O4S2/c1-4-37(5-2)33(39)30-28-20-21-36(22-24-12-8-6-9-13-24)23-29(28)42-32(30)34-31(38)25-16-18-27(19-17-25)43(40,41)35(3)26-14-10-7-11-15-26/h6-19H,4-5,20-23H2,1-3H3,(H,34,38). The summed E-state index contributed by atoms with van der Waals surface area (Å²) in [5.41, 5.74) is 3.65.